The molecule has 0 bridgehead atoms. The molecule has 2 N–H and O–H groups in total. The molecular formula is C11H22N2O2. The number of rotatable bonds is 4. The van der Waals surface area contributed by atoms with Gasteiger partial charge in [-0.15, -0.1) is 0 Å². The first kappa shape index (κ1) is 12.5. The van der Waals surface area contributed by atoms with Crippen molar-refractivity contribution in [3.8, 4) is 0 Å². The highest BCUT2D eigenvalue weighted by atomic mass is 16.4. The van der Waals surface area contributed by atoms with Crippen LogP contribution >= 0.6 is 0 Å². The number of carboxylic acids is 1. The van der Waals surface area contributed by atoms with Gasteiger partial charge in [0.2, 0.25) is 0 Å². The monoisotopic (exact) mass is 214 g/mol. The minimum Gasteiger partial charge on any atom is -0.480 e. The van der Waals surface area contributed by atoms with E-state index in [1.54, 1.807) is 13.8 Å². The highest BCUT2D eigenvalue weighted by Crippen LogP contribution is 2.15. The minimum absolute atomic E-state index is 0.586. The van der Waals surface area contributed by atoms with Crippen LogP contribution < -0.4 is 5.32 Å². The van der Waals surface area contributed by atoms with E-state index in [1.165, 1.54) is 19.4 Å². The summed E-state index contributed by atoms with van der Waals surface area (Å²) < 4.78 is 0. The molecular weight excluding hydrogens is 192 g/mol. The van der Waals surface area contributed by atoms with Crippen LogP contribution in [-0.2, 0) is 4.79 Å². The minimum atomic E-state index is -0.810. The van der Waals surface area contributed by atoms with Gasteiger partial charge in [0.15, 0.2) is 0 Å². The number of hydrogen-bond donors (Lipinski definition) is 2. The summed E-state index contributed by atoms with van der Waals surface area (Å²) >= 11 is 0. The molecule has 1 atom stereocenters. The first-order valence-corrected chi connectivity index (χ1v) is 5.59. The van der Waals surface area contributed by atoms with Gasteiger partial charge < -0.3 is 15.3 Å². The van der Waals surface area contributed by atoms with Crippen molar-refractivity contribution in [3.05, 3.63) is 0 Å². The van der Waals surface area contributed by atoms with Gasteiger partial charge in [0, 0.05) is 13.1 Å². The van der Waals surface area contributed by atoms with E-state index in [0.29, 0.717) is 5.92 Å². The van der Waals surface area contributed by atoms with E-state index < -0.39 is 11.5 Å². The molecule has 4 nitrogen and oxygen atoms in total. The van der Waals surface area contributed by atoms with Gasteiger partial charge in [-0.3, -0.25) is 4.79 Å². The Kier molecular flexibility index (Phi) is 4.11. The third kappa shape index (κ3) is 3.80. The Morgan fingerprint density at radius 1 is 1.60 bits per heavy atom. The number of piperidine rings is 1. The van der Waals surface area contributed by atoms with Crippen molar-refractivity contribution in [2.45, 2.75) is 32.2 Å². The molecule has 15 heavy (non-hydrogen) atoms. The van der Waals surface area contributed by atoms with Crippen LogP contribution in [0.15, 0.2) is 0 Å². The SMILES string of the molecule is CN1CCCC(CNC(C)(C)C(=O)O)C1. The third-order valence-electron chi connectivity index (χ3n) is 3.09. The maximum atomic E-state index is 10.9. The zero-order chi connectivity index (χ0) is 11.5. The molecule has 1 fully saturated rings. The Morgan fingerprint density at radius 2 is 2.27 bits per heavy atom. The molecule has 1 saturated heterocycles. The summed E-state index contributed by atoms with van der Waals surface area (Å²) in [6.45, 7) is 6.45. The maximum absolute atomic E-state index is 10.9. The molecule has 1 aliphatic rings. The largest absolute Gasteiger partial charge is 0.480 e. The molecule has 0 aromatic carbocycles. The summed E-state index contributed by atoms with van der Waals surface area (Å²) in [6, 6.07) is 0. The van der Waals surface area contributed by atoms with Gasteiger partial charge in [0.05, 0.1) is 0 Å². The summed E-state index contributed by atoms with van der Waals surface area (Å²) in [7, 11) is 2.12. The Balaban J connectivity index is 2.33. The van der Waals surface area contributed by atoms with Crippen molar-refractivity contribution < 1.29 is 9.90 Å². The van der Waals surface area contributed by atoms with Crippen LogP contribution in [0.2, 0.25) is 0 Å². The molecule has 0 radical (unpaired) electrons. The van der Waals surface area contributed by atoms with Gasteiger partial charge in [-0.2, -0.15) is 0 Å². The molecule has 0 saturated carbocycles. The van der Waals surface area contributed by atoms with Crippen LogP contribution in [0.5, 0.6) is 0 Å². The molecule has 0 spiro atoms. The lowest BCUT2D eigenvalue weighted by Crippen LogP contribution is -2.50. The molecule has 1 unspecified atom stereocenters. The van der Waals surface area contributed by atoms with Crippen molar-refractivity contribution in [2.24, 2.45) is 5.92 Å². The smallest absolute Gasteiger partial charge is 0.323 e. The van der Waals surface area contributed by atoms with E-state index in [0.717, 1.165) is 13.1 Å². The topological polar surface area (TPSA) is 52.6 Å². The van der Waals surface area contributed by atoms with Crippen molar-refractivity contribution in [1.29, 1.82) is 0 Å². The second-order valence-corrected chi connectivity index (χ2v) is 5.08. The second-order valence-electron chi connectivity index (χ2n) is 5.08. The van der Waals surface area contributed by atoms with E-state index in [9.17, 15) is 4.79 Å². The average molecular weight is 214 g/mol. The number of nitrogens with one attached hydrogen (secondary N) is 1. The van der Waals surface area contributed by atoms with E-state index in [2.05, 4.69) is 17.3 Å². The third-order valence-corrected chi connectivity index (χ3v) is 3.09. The average Bonchev–Trinajstić information content (AvgIpc) is 2.15. The number of carboxylic acid groups (broad SMARTS) is 1. The van der Waals surface area contributed by atoms with Gasteiger partial charge in [0.25, 0.3) is 0 Å². The molecule has 1 aliphatic heterocycles. The van der Waals surface area contributed by atoms with Crippen molar-refractivity contribution >= 4 is 5.97 Å². The fraction of sp³-hybridized carbons (Fsp3) is 0.909. The molecule has 0 aromatic heterocycles. The van der Waals surface area contributed by atoms with Crippen molar-refractivity contribution in [1.82, 2.24) is 10.2 Å². The van der Waals surface area contributed by atoms with Crippen molar-refractivity contribution in [2.75, 3.05) is 26.7 Å². The lowest BCUT2D eigenvalue weighted by Gasteiger charge is -2.32. The number of hydrogen-bond acceptors (Lipinski definition) is 3. The standard InChI is InChI=1S/C11H22N2O2/c1-11(2,10(14)15)12-7-9-5-4-6-13(3)8-9/h9,12H,4-8H2,1-3H3,(H,14,15). The van der Waals surface area contributed by atoms with Crippen LogP contribution in [0.4, 0.5) is 0 Å². The Bertz CT molecular complexity index is 229. The number of carbonyl (C=O) groups is 1. The van der Waals surface area contributed by atoms with E-state index >= 15 is 0 Å². The molecule has 0 amide bonds. The van der Waals surface area contributed by atoms with Gasteiger partial charge in [-0.25, -0.2) is 0 Å². The fourth-order valence-electron chi connectivity index (χ4n) is 1.91. The summed E-state index contributed by atoms with van der Waals surface area (Å²) in [5.41, 5.74) is -0.810. The zero-order valence-corrected chi connectivity index (χ0v) is 9.92. The Hall–Kier alpha value is -0.610. The van der Waals surface area contributed by atoms with Crippen molar-refractivity contribution in [3.63, 3.8) is 0 Å². The molecule has 1 rings (SSSR count). The summed E-state index contributed by atoms with van der Waals surface area (Å²) in [4.78, 5) is 13.2. The molecule has 0 aromatic rings. The fourth-order valence-corrected chi connectivity index (χ4v) is 1.91. The quantitative estimate of drug-likeness (QED) is 0.726. The van der Waals surface area contributed by atoms with E-state index in [-0.39, 0.29) is 0 Å². The summed E-state index contributed by atoms with van der Waals surface area (Å²) in [5, 5.41) is 12.1. The normalized spacial score (nSPS) is 24.1. The Labute approximate surface area is 91.6 Å². The van der Waals surface area contributed by atoms with Gasteiger partial charge in [0.1, 0.15) is 5.54 Å². The number of nitrogens with zero attached hydrogens (tertiary/aromatic N) is 1. The maximum Gasteiger partial charge on any atom is 0.323 e. The number of likely N-dealkylation sites (tertiary alicyclic amines) is 1. The lowest BCUT2D eigenvalue weighted by atomic mass is 9.96. The predicted molar refractivity (Wildman–Crippen MR) is 59.9 cm³/mol. The predicted octanol–water partition coefficient (Wildman–Crippen LogP) is 0.781. The highest BCUT2D eigenvalue weighted by Gasteiger charge is 2.28. The molecule has 0 aliphatic carbocycles. The molecule has 4 heteroatoms. The zero-order valence-electron chi connectivity index (χ0n) is 9.92. The summed E-state index contributed by atoms with van der Waals surface area (Å²) in [6.07, 6.45) is 2.42. The number of aliphatic carboxylic acids is 1. The Morgan fingerprint density at radius 3 is 2.80 bits per heavy atom. The van der Waals surface area contributed by atoms with Crippen LogP contribution in [0.25, 0.3) is 0 Å². The second kappa shape index (κ2) is 4.94. The van der Waals surface area contributed by atoms with E-state index in [1.807, 2.05) is 0 Å². The lowest BCUT2D eigenvalue weighted by molar-refractivity contribution is -0.143. The van der Waals surface area contributed by atoms with Crippen LogP contribution in [-0.4, -0.2) is 48.2 Å². The first-order valence-electron chi connectivity index (χ1n) is 5.59. The van der Waals surface area contributed by atoms with E-state index in [4.69, 9.17) is 5.11 Å². The molecule has 88 valence electrons. The van der Waals surface area contributed by atoms with Crippen LogP contribution in [0.3, 0.4) is 0 Å². The van der Waals surface area contributed by atoms with Gasteiger partial charge in [-0.1, -0.05) is 0 Å². The van der Waals surface area contributed by atoms with Crippen LogP contribution in [0.1, 0.15) is 26.7 Å². The van der Waals surface area contributed by atoms with Gasteiger partial charge in [-0.05, 0) is 46.2 Å². The first-order chi connectivity index (χ1) is 6.92. The molecule has 1 heterocycles. The highest BCUT2D eigenvalue weighted by molar-refractivity contribution is 5.77. The van der Waals surface area contributed by atoms with Gasteiger partial charge >= 0.3 is 5.97 Å². The summed E-state index contributed by atoms with van der Waals surface area (Å²) in [5.74, 6) is -0.200. The van der Waals surface area contributed by atoms with Crippen LogP contribution in [0, 0.1) is 5.92 Å².